The number of carbonyl (C=O) groups excluding carboxylic acids is 1. The number of aliphatic carboxylic acids is 1. The lowest BCUT2D eigenvalue weighted by atomic mass is 9.54. The van der Waals surface area contributed by atoms with Gasteiger partial charge in [-0.05, 0) is 32.4 Å². The van der Waals surface area contributed by atoms with E-state index in [1.54, 1.807) is 0 Å². The molecule has 6 heteroatoms. The molecule has 25 heavy (non-hydrogen) atoms. The molecule has 0 aromatic heterocycles. The summed E-state index contributed by atoms with van der Waals surface area (Å²) in [5.74, 6) is -1.08. The molecule has 1 aromatic carbocycles. The molecular formula is C19H27NO4S. The second-order valence-electron chi connectivity index (χ2n) is 7.19. The second-order valence-corrected chi connectivity index (χ2v) is 8.20. The Labute approximate surface area is 153 Å². The number of thioether (sulfide) groups is 1. The Bertz CT molecular complexity index is 673. The van der Waals surface area contributed by atoms with Gasteiger partial charge in [0.2, 0.25) is 5.91 Å². The lowest BCUT2D eigenvalue weighted by Gasteiger charge is -2.58. The van der Waals surface area contributed by atoms with E-state index in [1.165, 1.54) is 17.3 Å². The smallest absolute Gasteiger partial charge is 0.330 e. The summed E-state index contributed by atoms with van der Waals surface area (Å²) in [4.78, 5) is 25.3. The Hall–Kier alpha value is -1.53. The van der Waals surface area contributed by atoms with Crippen molar-refractivity contribution in [1.29, 1.82) is 0 Å². The van der Waals surface area contributed by atoms with Crippen LogP contribution < -0.4 is 5.32 Å². The fourth-order valence-corrected chi connectivity index (χ4v) is 4.23. The highest BCUT2D eigenvalue weighted by atomic mass is 32.2. The molecule has 1 amide bonds. The van der Waals surface area contributed by atoms with Crippen LogP contribution in [-0.2, 0) is 14.3 Å². The van der Waals surface area contributed by atoms with E-state index < -0.39 is 16.9 Å². The largest absolute Gasteiger partial charge is 0.479 e. The van der Waals surface area contributed by atoms with Crippen molar-refractivity contribution in [2.24, 2.45) is 5.41 Å². The van der Waals surface area contributed by atoms with Crippen molar-refractivity contribution in [2.45, 2.75) is 57.6 Å². The summed E-state index contributed by atoms with van der Waals surface area (Å²) in [7, 11) is 0. The van der Waals surface area contributed by atoms with Gasteiger partial charge in [0, 0.05) is 23.3 Å². The van der Waals surface area contributed by atoms with Gasteiger partial charge in [0.15, 0.2) is 0 Å². The Balaban J connectivity index is 2.03. The molecule has 2 N–H and O–H groups in total. The number of hydrogen-bond acceptors (Lipinski definition) is 4. The van der Waals surface area contributed by atoms with Crippen LogP contribution in [0.1, 0.15) is 38.3 Å². The summed E-state index contributed by atoms with van der Waals surface area (Å²) in [6.07, 6.45) is 0.129. The first-order valence-electron chi connectivity index (χ1n) is 8.50. The minimum Gasteiger partial charge on any atom is -0.479 e. The van der Waals surface area contributed by atoms with Gasteiger partial charge >= 0.3 is 5.97 Å². The number of hydrogen-bond donors (Lipinski definition) is 2. The number of rotatable bonds is 7. The van der Waals surface area contributed by atoms with Gasteiger partial charge in [-0.15, -0.1) is 11.8 Å². The molecular weight excluding hydrogens is 338 g/mol. The van der Waals surface area contributed by atoms with Gasteiger partial charge in [-0.1, -0.05) is 31.5 Å². The van der Waals surface area contributed by atoms with E-state index in [0.717, 1.165) is 10.5 Å². The Morgan fingerprint density at radius 3 is 2.56 bits per heavy atom. The Morgan fingerprint density at radius 2 is 2.04 bits per heavy atom. The second kappa shape index (κ2) is 7.38. The van der Waals surface area contributed by atoms with Crippen LogP contribution in [0.5, 0.6) is 0 Å². The molecule has 1 saturated carbocycles. The topological polar surface area (TPSA) is 75.6 Å². The van der Waals surface area contributed by atoms with Gasteiger partial charge in [0.1, 0.15) is 5.54 Å². The summed E-state index contributed by atoms with van der Waals surface area (Å²) in [6.45, 7) is 10.1. The first-order chi connectivity index (χ1) is 11.6. The number of benzene rings is 1. The molecule has 5 nitrogen and oxygen atoms in total. The van der Waals surface area contributed by atoms with Crippen molar-refractivity contribution in [3.05, 3.63) is 29.3 Å². The number of ether oxygens (including phenoxy) is 1. The molecule has 1 fully saturated rings. The first kappa shape index (κ1) is 19.8. The molecule has 1 aliphatic carbocycles. The van der Waals surface area contributed by atoms with E-state index in [1.807, 2.05) is 46.8 Å². The molecule has 138 valence electrons. The number of amides is 1. The zero-order valence-corrected chi connectivity index (χ0v) is 16.3. The summed E-state index contributed by atoms with van der Waals surface area (Å²) >= 11 is 1.43. The van der Waals surface area contributed by atoms with Gasteiger partial charge in [-0.25, -0.2) is 4.79 Å². The summed E-state index contributed by atoms with van der Waals surface area (Å²) in [6, 6.07) is 6.07. The minimum absolute atomic E-state index is 0.166. The van der Waals surface area contributed by atoms with E-state index in [-0.39, 0.29) is 17.8 Å². The van der Waals surface area contributed by atoms with Gasteiger partial charge < -0.3 is 15.2 Å². The van der Waals surface area contributed by atoms with E-state index in [9.17, 15) is 14.7 Å². The van der Waals surface area contributed by atoms with Crippen LogP contribution >= 0.6 is 11.8 Å². The Kier molecular flexibility index (Phi) is 5.84. The molecule has 0 heterocycles. The maximum absolute atomic E-state index is 12.4. The fourth-order valence-electron chi connectivity index (χ4n) is 3.42. The number of carboxylic acids is 1. The van der Waals surface area contributed by atoms with Crippen LogP contribution in [0.4, 0.5) is 0 Å². The van der Waals surface area contributed by atoms with E-state index in [2.05, 4.69) is 11.4 Å². The summed E-state index contributed by atoms with van der Waals surface area (Å²) < 4.78 is 5.62. The molecule has 2 unspecified atom stereocenters. The highest BCUT2D eigenvalue weighted by Crippen LogP contribution is 2.51. The van der Waals surface area contributed by atoms with Gasteiger partial charge in [-0.2, -0.15) is 0 Å². The lowest BCUT2D eigenvalue weighted by molar-refractivity contribution is -0.194. The third kappa shape index (κ3) is 3.70. The third-order valence-electron chi connectivity index (χ3n) is 5.17. The maximum Gasteiger partial charge on any atom is 0.330 e. The molecule has 0 aliphatic heterocycles. The van der Waals surface area contributed by atoms with Crippen molar-refractivity contribution < 1.29 is 19.4 Å². The standard InChI is InChI=1S/C19H27NO4S/c1-6-24-15-10-19(17(22)23,18(15,4)5)20-16(21)11-25-14-8-7-12(2)9-13(14)3/h7-9,15H,6,10-11H2,1-5H3,(H,20,21)(H,22,23). The Morgan fingerprint density at radius 1 is 1.36 bits per heavy atom. The van der Waals surface area contributed by atoms with E-state index in [4.69, 9.17) is 4.74 Å². The van der Waals surface area contributed by atoms with Crippen LogP contribution in [0.15, 0.2) is 23.1 Å². The third-order valence-corrected chi connectivity index (χ3v) is 6.35. The molecule has 2 atom stereocenters. The lowest BCUT2D eigenvalue weighted by Crippen LogP contribution is -2.76. The van der Waals surface area contributed by atoms with Crippen LogP contribution in [-0.4, -0.2) is 41.0 Å². The van der Waals surface area contributed by atoms with Crippen molar-refractivity contribution in [3.63, 3.8) is 0 Å². The maximum atomic E-state index is 12.4. The quantitative estimate of drug-likeness (QED) is 0.726. The molecule has 1 aliphatic rings. The van der Waals surface area contributed by atoms with Crippen LogP contribution in [0.3, 0.4) is 0 Å². The van der Waals surface area contributed by atoms with Crippen LogP contribution in [0, 0.1) is 19.3 Å². The first-order valence-corrected chi connectivity index (χ1v) is 9.48. The van der Waals surface area contributed by atoms with Crippen molar-refractivity contribution >= 4 is 23.6 Å². The van der Waals surface area contributed by atoms with Gasteiger partial charge in [-0.3, -0.25) is 4.79 Å². The molecule has 0 bridgehead atoms. The van der Waals surface area contributed by atoms with E-state index >= 15 is 0 Å². The van der Waals surface area contributed by atoms with Crippen molar-refractivity contribution in [2.75, 3.05) is 12.4 Å². The van der Waals surface area contributed by atoms with E-state index in [0.29, 0.717) is 13.0 Å². The summed E-state index contributed by atoms with van der Waals surface area (Å²) in [5, 5.41) is 12.5. The number of carbonyl (C=O) groups is 2. The van der Waals surface area contributed by atoms with Crippen molar-refractivity contribution in [1.82, 2.24) is 5.32 Å². The van der Waals surface area contributed by atoms with Gasteiger partial charge in [0.05, 0.1) is 11.9 Å². The molecule has 0 saturated heterocycles. The average Bonchev–Trinajstić information content (AvgIpc) is 2.52. The average molecular weight is 365 g/mol. The zero-order valence-electron chi connectivity index (χ0n) is 15.5. The van der Waals surface area contributed by atoms with Crippen LogP contribution in [0.25, 0.3) is 0 Å². The predicted octanol–water partition coefficient (Wildman–Crippen LogP) is 3.17. The molecule has 0 spiro atoms. The minimum atomic E-state index is -1.27. The highest BCUT2D eigenvalue weighted by molar-refractivity contribution is 8.00. The number of nitrogens with one attached hydrogen (secondary N) is 1. The monoisotopic (exact) mass is 365 g/mol. The number of carboxylic acid groups (broad SMARTS) is 1. The molecule has 1 aromatic rings. The van der Waals surface area contributed by atoms with Gasteiger partial charge in [0.25, 0.3) is 0 Å². The predicted molar refractivity (Wildman–Crippen MR) is 99.0 cm³/mol. The summed E-state index contributed by atoms with van der Waals surface area (Å²) in [5.41, 5.74) is 0.363. The van der Waals surface area contributed by atoms with Crippen LogP contribution in [0.2, 0.25) is 0 Å². The van der Waals surface area contributed by atoms with Crippen molar-refractivity contribution in [3.8, 4) is 0 Å². The SMILES string of the molecule is CCOC1CC(NC(=O)CSc2ccc(C)cc2C)(C(=O)O)C1(C)C. The normalized spacial score (nSPS) is 24.4. The molecule has 2 rings (SSSR count). The highest BCUT2D eigenvalue weighted by Gasteiger charge is 2.66. The zero-order chi connectivity index (χ0) is 18.8. The number of aryl methyl sites for hydroxylation is 2. The molecule has 0 radical (unpaired) electrons. The fraction of sp³-hybridized carbons (Fsp3) is 0.579.